The van der Waals surface area contributed by atoms with Gasteiger partial charge in [0.2, 0.25) is 0 Å². The molecule has 4 aliphatic carbocycles. The lowest BCUT2D eigenvalue weighted by molar-refractivity contribution is -0.112. The van der Waals surface area contributed by atoms with E-state index in [1.54, 1.807) is 0 Å². The molecule has 0 unspecified atom stereocenters. The van der Waals surface area contributed by atoms with Gasteiger partial charge >= 0.3 is 0 Å². The molecule has 0 atom stereocenters. The van der Waals surface area contributed by atoms with Crippen LogP contribution in [0.15, 0.2) is 48.5 Å². The molecule has 112 valence electrons. The molecule has 2 heteroatoms. The first-order valence-electron chi connectivity index (χ1n) is 7.73. The third-order valence-electron chi connectivity index (χ3n) is 4.20. The molecule has 4 aliphatic rings. The van der Waals surface area contributed by atoms with Crippen LogP contribution >= 0.6 is 0 Å². The first-order valence-corrected chi connectivity index (χ1v) is 7.73. The molecular weight excluding hydrogens is 272 g/mol. The zero-order valence-electron chi connectivity index (χ0n) is 12.8. The molecule has 0 aliphatic heterocycles. The topological polar surface area (TPSA) is 37.3 Å². The molecule has 2 aromatic rings. The summed E-state index contributed by atoms with van der Waals surface area (Å²) in [6.07, 6.45) is 5.00. The van der Waals surface area contributed by atoms with Gasteiger partial charge in [-0.3, -0.25) is 4.79 Å². The summed E-state index contributed by atoms with van der Waals surface area (Å²) < 4.78 is 0. The highest BCUT2D eigenvalue weighted by atomic mass is 16.3. The minimum atomic E-state index is -0.134. The standard InChI is InChI=1S/C20H20O2/c1-14(21)12-20(22)19-13-17-7-6-15-2-4-16(5-3-15)8-10-18(19)11-9-17/h2-5,9,11-13,22H,6-8,10H2,1H3/b20-12-. The van der Waals surface area contributed by atoms with E-state index in [0.717, 1.165) is 36.8 Å². The summed E-state index contributed by atoms with van der Waals surface area (Å²) in [5, 5.41) is 10.3. The van der Waals surface area contributed by atoms with Gasteiger partial charge in [-0.2, -0.15) is 0 Å². The second-order valence-electron chi connectivity index (χ2n) is 5.95. The molecule has 0 spiro atoms. The van der Waals surface area contributed by atoms with Gasteiger partial charge in [0.25, 0.3) is 0 Å². The van der Waals surface area contributed by atoms with Crippen LogP contribution < -0.4 is 0 Å². The van der Waals surface area contributed by atoms with E-state index in [2.05, 4.69) is 36.4 Å². The van der Waals surface area contributed by atoms with Crippen molar-refractivity contribution in [3.05, 3.63) is 76.4 Å². The zero-order valence-corrected chi connectivity index (χ0v) is 12.8. The van der Waals surface area contributed by atoms with Crippen molar-refractivity contribution in [2.45, 2.75) is 32.6 Å². The quantitative estimate of drug-likeness (QED) is 0.669. The molecule has 0 heterocycles. The van der Waals surface area contributed by atoms with Gasteiger partial charge in [-0.1, -0.05) is 36.4 Å². The maximum Gasteiger partial charge on any atom is 0.156 e. The number of aliphatic hydroxyl groups is 1. The van der Waals surface area contributed by atoms with Crippen molar-refractivity contribution in [2.75, 3.05) is 0 Å². The Labute approximate surface area is 131 Å². The number of hydrogen-bond acceptors (Lipinski definition) is 2. The monoisotopic (exact) mass is 292 g/mol. The third-order valence-corrected chi connectivity index (χ3v) is 4.20. The SMILES string of the molecule is CC(=O)/C=C(\O)c1cc2ccc1CCc1ccc(cc1)CC2. The van der Waals surface area contributed by atoms with E-state index in [1.807, 2.05) is 6.07 Å². The van der Waals surface area contributed by atoms with Crippen molar-refractivity contribution < 1.29 is 9.90 Å². The number of rotatable bonds is 2. The predicted molar refractivity (Wildman–Crippen MR) is 89.0 cm³/mol. The highest BCUT2D eigenvalue weighted by molar-refractivity contribution is 5.93. The highest BCUT2D eigenvalue weighted by Crippen LogP contribution is 2.23. The van der Waals surface area contributed by atoms with Crippen LogP contribution in [0.1, 0.15) is 34.7 Å². The van der Waals surface area contributed by atoms with Gasteiger partial charge in [0.1, 0.15) is 5.76 Å². The lowest BCUT2D eigenvalue weighted by atomic mass is 9.92. The zero-order chi connectivity index (χ0) is 15.5. The summed E-state index contributed by atoms with van der Waals surface area (Å²) in [7, 11) is 0. The van der Waals surface area contributed by atoms with Crippen LogP contribution in [0.4, 0.5) is 0 Å². The van der Waals surface area contributed by atoms with Crippen LogP contribution in [0.25, 0.3) is 5.76 Å². The summed E-state index contributed by atoms with van der Waals surface area (Å²) in [4.78, 5) is 11.3. The Kier molecular flexibility index (Phi) is 4.10. The number of ketones is 1. The van der Waals surface area contributed by atoms with Crippen molar-refractivity contribution >= 4 is 11.5 Å². The second kappa shape index (κ2) is 6.18. The van der Waals surface area contributed by atoms with E-state index in [1.165, 1.54) is 29.7 Å². The summed E-state index contributed by atoms with van der Waals surface area (Å²) in [6, 6.07) is 15.0. The van der Waals surface area contributed by atoms with Crippen LogP contribution in [0.3, 0.4) is 0 Å². The third kappa shape index (κ3) is 3.28. The number of allylic oxidation sites excluding steroid dienone is 1. The predicted octanol–water partition coefficient (Wildman–Crippen LogP) is 4.06. The molecule has 0 saturated carbocycles. The molecule has 2 nitrogen and oxygen atoms in total. The minimum Gasteiger partial charge on any atom is -0.507 e. The molecule has 0 fully saturated rings. The molecule has 6 rings (SSSR count). The van der Waals surface area contributed by atoms with Gasteiger partial charge in [0.05, 0.1) is 0 Å². The normalized spacial score (nSPS) is 14.5. The van der Waals surface area contributed by atoms with Gasteiger partial charge in [0.15, 0.2) is 5.78 Å². The van der Waals surface area contributed by atoms with Crippen LogP contribution in [0.5, 0.6) is 0 Å². The van der Waals surface area contributed by atoms with Gasteiger partial charge in [-0.15, -0.1) is 0 Å². The number of aliphatic hydroxyl groups excluding tert-OH is 1. The van der Waals surface area contributed by atoms with E-state index in [-0.39, 0.29) is 11.5 Å². The van der Waals surface area contributed by atoms with Gasteiger partial charge in [-0.05, 0) is 60.9 Å². The number of carbonyl (C=O) groups excluding carboxylic acids is 1. The van der Waals surface area contributed by atoms with Crippen molar-refractivity contribution in [3.8, 4) is 0 Å². The fourth-order valence-electron chi connectivity index (χ4n) is 2.95. The molecule has 2 aromatic carbocycles. The fourth-order valence-corrected chi connectivity index (χ4v) is 2.95. The van der Waals surface area contributed by atoms with Gasteiger partial charge in [0, 0.05) is 11.6 Å². The van der Waals surface area contributed by atoms with E-state index in [9.17, 15) is 9.90 Å². The van der Waals surface area contributed by atoms with Crippen molar-refractivity contribution in [3.63, 3.8) is 0 Å². The maximum atomic E-state index is 11.3. The largest absolute Gasteiger partial charge is 0.507 e. The average Bonchev–Trinajstić information content (AvgIpc) is 2.49. The Balaban J connectivity index is 2.02. The average molecular weight is 292 g/mol. The first-order chi connectivity index (χ1) is 10.6. The van der Waals surface area contributed by atoms with Crippen LogP contribution in [-0.4, -0.2) is 10.9 Å². The molecule has 1 N–H and O–H groups in total. The van der Waals surface area contributed by atoms with Crippen LogP contribution in [0, 0.1) is 0 Å². The molecule has 22 heavy (non-hydrogen) atoms. The Morgan fingerprint density at radius 3 is 2.09 bits per heavy atom. The lowest BCUT2D eigenvalue weighted by Gasteiger charge is -2.14. The van der Waals surface area contributed by atoms with Crippen molar-refractivity contribution in [2.24, 2.45) is 0 Å². The molecular formula is C20H20O2. The Morgan fingerprint density at radius 2 is 1.45 bits per heavy atom. The van der Waals surface area contributed by atoms with E-state index < -0.39 is 0 Å². The smallest absolute Gasteiger partial charge is 0.156 e. The minimum absolute atomic E-state index is 0.0790. The molecule has 0 radical (unpaired) electrons. The number of aryl methyl sites for hydroxylation is 4. The number of benzene rings is 2. The van der Waals surface area contributed by atoms with Crippen LogP contribution in [-0.2, 0) is 30.5 Å². The van der Waals surface area contributed by atoms with Gasteiger partial charge < -0.3 is 5.11 Å². The van der Waals surface area contributed by atoms with E-state index in [4.69, 9.17) is 0 Å². The van der Waals surface area contributed by atoms with Crippen molar-refractivity contribution in [1.82, 2.24) is 0 Å². The molecule has 0 aromatic heterocycles. The van der Waals surface area contributed by atoms with Gasteiger partial charge in [-0.25, -0.2) is 0 Å². The molecule has 4 bridgehead atoms. The summed E-state index contributed by atoms with van der Waals surface area (Å²) >= 11 is 0. The maximum absolute atomic E-state index is 11.3. The fraction of sp³-hybridized carbons (Fsp3) is 0.250. The molecule has 0 saturated heterocycles. The number of hydrogen-bond donors (Lipinski definition) is 1. The Hall–Kier alpha value is -2.35. The van der Waals surface area contributed by atoms with Crippen LogP contribution in [0.2, 0.25) is 0 Å². The summed E-state index contributed by atoms with van der Waals surface area (Å²) in [5.74, 6) is -0.0554. The summed E-state index contributed by atoms with van der Waals surface area (Å²) in [5.41, 5.74) is 5.70. The Bertz CT molecular complexity index is 724. The van der Waals surface area contributed by atoms with E-state index in [0.29, 0.717) is 0 Å². The Morgan fingerprint density at radius 1 is 0.909 bits per heavy atom. The lowest BCUT2D eigenvalue weighted by Crippen LogP contribution is -2.02. The van der Waals surface area contributed by atoms with E-state index >= 15 is 0 Å². The first kappa shape index (κ1) is 14.6. The second-order valence-corrected chi connectivity index (χ2v) is 5.95. The molecule has 0 amide bonds. The number of carbonyl (C=O) groups is 1. The van der Waals surface area contributed by atoms with Crippen molar-refractivity contribution in [1.29, 1.82) is 0 Å². The summed E-state index contributed by atoms with van der Waals surface area (Å²) in [6.45, 7) is 1.46. The highest BCUT2D eigenvalue weighted by Gasteiger charge is 2.11.